The van der Waals surface area contributed by atoms with Crippen molar-refractivity contribution < 1.29 is 18.7 Å². The van der Waals surface area contributed by atoms with Gasteiger partial charge in [-0.15, -0.1) is 0 Å². The molecule has 0 spiro atoms. The number of amides is 1. The average molecular weight is 352 g/mol. The summed E-state index contributed by atoms with van der Waals surface area (Å²) in [5, 5.41) is 11.7. The molecule has 0 aliphatic carbocycles. The molecule has 0 aliphatic heterocycles. The van der Waals surface area contributed by atoms with Crippen LogP contribution < -0.4 is 5.32 Å². The first-order valence-electron chi connectivity index (χ1n) is 8.17. The van der Waals surface area contributed by atoms with Crippen LogP contribution in [-0.4, -0.2) is 18.5 Å². The van der Waals surface area contributed by atoms with Crippen molar-refractivity contribution in [3.63, 3.8) is 0 Å². The van der Waals surface area contributed by atoms with Crippen molar-refractivity contribution >= 4 is 18.0 Å². The van der Waals surface area contributed by atoms with Crippen LogP contribution in [0.4, 0.5) is 0 Å². The quantitative estimate of drug-likeness (QED) is 0.469. The summed E-state index contributed by atoms with van der Waals surface area (Å²) in [4.78, 5) is 23.7. The van der Waals surface area contributed by atoms with E-state index >= 15 is 0 Å². The fourth-order valence-corrected chi connectivity index (χ4v) is 2.14. The molecule has 1 amide bonds. The van der Waals surface area contributed by atoms with E-state index in [0.717, 1.165) is 5.56 Å². The number of benzene rings is 1. The molecule has 0 fully saturated rings. The van der Waals surface area contributed by atoms with Gasteiger partial charge in [-0.2, -0.15) is 5.26 Å². The largest absolute Gasteiger partial charge is 0.467 e. The number of furan rings is 1. The zero-order chi connectivity index (χ0) is 18.9. The van der Waals surface area contributed by atoms with Gasteiger partial charge in [-0.25, -0.2) is 4.79 Å². The molecule has 1 aromatic heterocycles. The highest BCUT2D eigenvalue weighted by molar-refractivity contribution is 5.98. The molecule has 6 heteroatoms. The highest BCUT2D eigenvalue weighted by Crippen LogP contribution is 2.16. The van der Waals surface area contributed by atoms with Gasteiger partial charge in [0.15, 0.2) is 6.61 Å². The fourth-order valence-electron chi connectivity index (χ4n) is 2.14. The molecule has 1 N–H and O–H groups in total. The number of ether oxygens (including phenoxy) is 1. The van der Waals surface area contributed by atoms with E-state index in [0.29, 0.717) is 17.2 Å². The number of nitrogens with one attached hydrogen (secondary N) is 1. The Morgan fingerprint density at radius 3 is 2.58 bits per heavy atom. The summed E-state index contributed by atoms with van der Waals surface area (Å²) in [6.45, 7) is 3.90. The number of esters is 1. The molecule has 2 rings (SSSR count). The summed E-state index contributed by atoms with van der Waals surface area (Å²) in [5.74, 6) is -0.331. The van der Waals surface area contributed by atoms with Crippen molar-refractivity contribution in [2.24, 2.45) is 0 Å². The van der Waals surface area contributed by atoms with Crippen LogP contribution in [0.25, 0.3) is 6.08 Å². The zero-order valence-electron chi connectivity index (χ0n) is 14.7. The summed E-state index contributed by atoms with van der Waals surface area (Å²) >= 11 is 0. The molecule has 0 saturated heterocycles. The number of nitriles is 1. The molecule has 26 heavy (non-hydrogen) atoms. The third-order valence-electron chi connectivity index (χ3n) is 3.63. The van der Waals surface area contributed by atoms with Crippen molar-refractivity contribution in [1.82, 2.24) is 5.32 Å². The van der Waals surface area contributed by atoms with Gasteiger partial charge in [0.05, 0.1) is 12.8 Å². The average Bonchev–Trinajstić information content (AvgIpc) is 3.16. The molecule has 1 heterocycles. The van der Waals surface area contributed by atoms with Gasteiger partial charge < -0.3 is 14.5 Å². The molecule has 0 bridgehead atoms. The lowest BCUT2D eigenvalue weighted by atomic mass is 10.0. The summed E-state index contributed by atoms with van der Waals surface area (Å²) < 4.78 is 9.97. The van der Waals surface area contributed by atoms with Gasteiger partial charge in [-0.3, -0.25) is 4.79 Å². The van der Waals surface area contributed by atoms with E-state index in [1.54, 1.807) is 18.2 Å². The van der Waals surface area contributed by atoms with Crippen molar-refractivity contribution in [1.29, 1.82) is 5.26 Å². The number of nitrogens with zero attached hydrogens (tertiary/aromatic N) is 1. The summed E-state index contributed by atoms with van der Waals surface area (Å²) in [7, 11) is 0. The van der Waals surface area contributed by atoms with E-state index in [2.05, 4.69) is 19.2 Å². The second-order valence-electron chi connectivity index (χ2n) is 5.92. The third kappa shape index (κ3) is 5.64. The Morgan fingerprint density at radius 2 is 2.00 bits per heavy atom. The Balaban J connectivity index is 1.89. The van der Waals surface area contributed by atoms with E-state index in [1.807, 2.05) is 24.3 Å². The molecule has 134 valence electrons. The van der Waals surface area contributed by atoms with Crippen LogP contribution in [0, 0.1) is 11.3 Å². The first-order valence-corrected chi connectivity index (χ1v) is 8.17. The normalized spacial score (nSPS) is 11.1. The van der Waals surface area contributed by atoms with Crippen molar-refractivity contribution in [2.75, 3.05) is 6.61 Å². The monoisotopic (exact) mass is 352 g/mol. The molecule has 0 aliphatic rings. The van der Waals surface area contributed by atoms with E-state index in [4.69, 9.17) is 14.4 Å². The lowest BCUT2D eigenvalue weighted by Gasteiger charge is -2.06. The molecule has 0 saturated carbocycles. The zero-order valence-corrected chi connectivity index (χ0v) is 14.7. The van der Waals surface area contributed by atoms with Gasteiger partial charge in [0.2, 0.25) is 0 Å². The molecular weight excluding hydrogens is 332 g/mol. The Kier molecular flexibility index (Phi) is 6.75. The highest BCUT2D eigenvalue weighted by atomic mass is 16.5. The van der Waals surface area contributed by atoms with Crippen LogP contribution >= 0.6 is 0 Å². The van der Waals surface area contributed by atoms with E-state index in [9.17, 15) is 9.59 Å². The summed E-state index contributed by atoms with van der Waals surface area (Å²) in [5.41, 5.74) is 1.71. The molecule has 1 aromatic carbocycles. The van der Waals surface area contributed by atoms with Crippen LogP contribution in [-0.2, 0) is 20.9 Å². The fraction of sp³-hybridized carbons (Fsp3) is 0.250. The Morgan fingerprint density at radius 1 is 1.27 bits per heavy atom. The predicted octanol–water partition coefficient (Wildman–Crippen LogP) is 3.17. The number of hydrogen-bond acceptors (Lipinski definition) is 5. The molecule has 6 nitrogen and oxygen atoms in total. The van der Waals surface area contributed by atoms with Gasteiger partial charge in [0.25, 0.3) is 5.91 Å². The van der Waals surface area contributed by atoms with E-state index in [1.165, 1.54) is 12.3 Å². The molecule has 0 unspecified atom stereocenters. The van der Waals surface area contributed by atoms with Crippen LogP contribution in [0.3, 0.4) is 0 Å². The number of hydrogen-bond donors (Lipinski definition) is 1. The second-order valence-corrected chi connectivity index (χ2v) is 5.92. The lowest BCUT2D eigenvalue weighted by Crippen LogP contribution is -2.28. The Labute approximate surface area is 152 Å². The van der Waals surface area contributed by atoms with E-state index in [-0.39, 0.29) is 12.1 Å². The lowest BCUT2D eigenvalue weighted by molar-refractivity contribution is -0.144. The van der Waals surface area contributed by atoms with Gasteiger partial charge in [-0.05, 0) is 35.3 Å². The summed E-state index contributed by atoms with van der Waals surface area (Å²) in [6.07, 6.45) is 2.94. The minimum absolute atomic E-state index is 0.166. The minimum Gasteiger partial charge on any atom is -0.467 e. The molecule has 0 atom stereocenters. The van der Waals surface area contributed by atoms with Gasteiger partial charge in [0, 0.05) is 0 Å². The molecular formula is C20H20N2O4. The predicted molar refractivity (Wildman–Crippen MR) is 95.6 cm³/mol. The number of rotatable bonds is 7. The molecule has 0 radical (unpaired) electrons. The maximum Gasteiger partial charge on any atom is 0.349 e. The first-order chi connectivity index (χ1) is 12.5. The van der Waals surface area contributed by atoms with Crippen LogP contribution in [0.5, 0.6) is 0 Å². The minimum atomic E-state index is -0.839. The van der Waals surface area contributed by atoms with Crippen LogP contribution in [0.2, 0.25) is 0 Å². The maximum atomic E-state index is 12.0. The standard InChI is InChI=1S/C20H20N2O4/c1-14(2)16-7-5-15(6-8-16)10-17(11-21)20(24)26-13-19(23)22-12-18-4-3-9-25-18/h3-10,14H,12-13H2,1-2H3,(H,22,23)/b17-10+. The van der Waals surface area contributed by atoms with Gasteiger partial charge in [-0.1, -0.05) is 38.1 Å². The van der Waals surface area contributed by atoms with Crippen LogP contribution in [0.1, 0.15) is 36.7 Å². The SMILES string of the molecule is CC(C)c1ccc(/C=C(\C#N)C(=O)OCC(=O)NCc2ccco2)cc1. The Hall–Kier alpha value is -3.33. The van der Waals surface area contributed by atoms with Crippen molar-refractivity contribution in [2.45, 2.75) is 26.3 Å². The molecule has 2 aromatic rings. The van der Waals surface area contributed by atoms with Crippen molar-refractivity contribution in [3.05, 3.63) is 65.1 Å². The van der Waals surface area contributed by atoms with E-state index < -0.39 is 18.5 Å². The summed E-state index contributed by atoms with van der Waals surface area (Å²) in [6, 6.07) is 12.8. The smallest absolute Gasteiger partial charge is 0.349 e. The number of carbonyl (C=O) groups is 2. The highest BCUT2D eigenvalue weighted by Gasteiger charge is 2.13. The van der Waals surface area contributed by atoms with Gasteiger partial charge in [0.1, 0.15) is 17.4 Å². The van der Waals surface area contributed by atoms with Crippen molar-refractivity contribution in [3.8, 4) is 6.07 Å². The second kappa shape index (κ2) is 9.23. The topological polar surface area (TPSA) is 92.3 Å². The third-order valence-corrected chi connectivity index (χ3v) is 3.63. The maximum absolute atomic E-state index is 12.0. The van der Waals surface area contributed by atoms with Crippen LogP contribution in [0.15, 0.2) is 52.7 Å². The first kappa shape index (κ1) is 19.0. The Bertz CT molecular complexity index is 812. The van der Waals surface area contributed by atoms with Gasteiger partial charge >= 0.3 is 5.97 Å². The number of carbonyl (C=O) groups excluding carboxylic acids is 2.